The van der Waals surface area contributed by atoms with E-state index in [2.05, 4.69) is 10.3 Å². The van der Waals surface area contributed by atoms with Crippen LogP contribution >= 0.6 is 11.3 Å². The highest BCUT2D eigenvalue weighted by Crippen LogP contribution is 2.31. The Kier molecular flexibility index (Phi) is 3.56. The molecule has 20 heavy (non-hydrogen) atoms. The average molecular weight is 280 g/mol. The first-order valence-electron chi connectivity index (χ1n) is 6.19. The molecule has 0 bridgehead atoms. The maximum absolute atomic E-state index is 12.2. The Morgan fingerprint density at radius 2 is 1.80 bits per heavy atom. The number of hydrogen-bond acceptors (Lipinski definition) is 3. The number of anilines is 1. The Morgan fingerprint density at radius 1 is 1.00 bits per heavy atom. The topological polar surface area (TPSA) is 42.0 Å². The average Bonchev–Trinajstić information content (AvgIpc) is 3.03. The zero-order chi connectivity index (χ0) is 13.8. The summed E-state index contributed by atoms with van der Waals surface area (Å²) >= 11 is 1.65. The van der Waals surface area contributed by atoms with Crippen LogP contribution in [0.4, 0.5) is 5.69 Å². The summed E-state index contributed by atoms with van der Waals surface area (Å²) in [6.07, 6.45) is 3.22. The van der Waals surface area contributed by atoms with E-state index in [-0.39, 0.29) is 5.91 Å². The van der Waals surface area contributed by atoms with Crippen molar-refractivity contribution in [3.63, 3.8) is 0 Å². The minimum atomic E-state index is -0.128. The number of amides is 1. The van der Waals surface area contributed by atoms with E-state index >= 15 is 0 Å². The van der Waals surface area contributed by atoms with Crippen molar-refractivity contribution in [2.45, 2.75) is 0 Å². The van der Waals surface area contributed by atoms with Crippen LogP contribution in [0.2, 0.25) is 0 Å². The molecule has 0 aliphatic carbocycles. The lowest BCUT2D eigenvalue weighted by atomic mass is 10.1. The van der Waals surface area contributed by atoms with Crippen LogP contribution in [0.1, 0.15) is 10.4 Å². The van der Waals surface area contributed by atoms with Gasteiger partial charge >= 0.3 is 0 Å². The number of hydrogen-bond donors (Lipinski definition) is 1. The summed E-state index contributed by atoms with van der Waals surface area (Å²) in [6.45, 7) is 0. The van der Waals surface area contributed by atoms with Gasteiger partial charge in [-0.1, -0.05) is 24.3 Å². The van der Waals surface area contributed by atoms with Gasteiger partial charge in [-0.2, -0.15) is 0 Å². The summed E-state index contributed by atoms with van der Waals surface area (Å²) < 4.78 is 0. The molecular weight excluding hydrogens is 268 g/mol. The van der Waals surface area contributed by atoms with Crippen molar-refractivity contribution < 1.29 is 4.79 Å². The molecule has 0 aliphatic heterocycles. The van der Waals surface area contributed by atoms with E-state index in [4.69, 9.17) is 0 Å². The maximum Gasteiger partial charge on any atom is 0.255 e. The van der Waals surface area contributed by atoms with Crippen molar-refractivity contribution in [2.75, 3.05) is 5.32 Å². The minimum absolute atomic E-state index is 0.128. The van der Waals surface area contributed by atoms with Gasteiger partial charge in [0.2, 0.25) is 0 Å². The number of carbonyl (C=O) groups excluding carboxylic acids is 1. The summed E-state index contributed by atoms with van der Waals surface area (Å²) in [5, 5.41) is 4.98. The van der Waals surface area contributed by atoms with Crippen molar-refractivity contribution in [1.82, 2.24) is 4.98 Å². The van der Waals surface area contributed by atoms with E-state index in [1.165, 1.54) is 0 Å². The molecule has 98 valence electrons. The Balaban J connectivity index is 1.90. The Bertz CT molecular complexity index is 708. The first kappa shape index (κ1) is 12.6. The first-order chi connectivity index (χ1) is 9.84. The zero-order valence-corrected chi connectivity index (χ0v) is 11.4. The number of pyridine rings is 1. The molecule has 0 saturated heterocycles. The van der Waals surface area contributed by atoms with E-state index < -0.39 is 0 Å². The Hall–Kier alpha value is -2.46. The third kappa shape index (κ3) is 2.60. The smallest absolute Gasteiger partial charge is 0.255 e. The van der Waals surface area contributed by atoms with Gasteiger partial charge in [-0.05, 0) is 29.6 Å². The predicted molar refractivity (Wildman–Crippen MR) is 81.9 cm³/mol. The van der Waals surface area contributed by atoms with Gasteiger partial charge in [0.15, 0.2) is 0 Å². The minimum Gasteiger partial charge on any atom is -0.321 e. The van der Waals surface area contributed by atoms with Gasteiger partial charge in [0.25, 0.3) is 5.91 Å². The number of benzene rings is 1. The van der Waals surface area contributed by atoms with Gasteiger partial charge in [-0.3, -0.25) is 9.78 Å². The summed E-state index contributed by atoms with van der Waals surface area (Å²) in [5.41, 5.74) is 2.45. The van der Waals surface area contributed by atoms with Crippen molar-refractivity contribution in [3.05, 3.63) is 71.9 Å². The number of para-hydroxylation sites is 1. The zero-order valence-electron chi connectivity index (χ0n) is 10.6. The van der Waals surface area contributed by atoms with E-state index in [9.17, 15) is 4.79 Å². The number of carbonyl (C=O) groups is 1. The fourth-order valence-electron chi connectivity index (χ4n) is 1.94. The van der Waals surface area contributed by atoms with Crippen LogP contribution in [0.15, 0.2) is 66.3 Å². The third-order valence-corrected chi connectivity index (χ3v) is 3.81. The lowest BCUT2D eigenvalue weighted by Gasteiger charge is -2.09. The molecule has 2 aromatic heterocycles. The summed E-state index contributed by atoms with van der Waals surface area (Å²) in [7, 11) is 0. The van der Waals surface area contributed by atoms with Crippen LogP contribution in [-0.2, 0) is 0 Å². The van der Waals surface area contributed by atoms with E-state index in [0.717, 1.165) is 16.1 Å². The molecule has 0 fully saturated rings. The van der Waals surface area contributed by atoms with E-state index in [1.807, 2.05) is 41.8 Å². The molecule has 0 saturated carbocycles. The van der Waals surface area contributed by atoms with E-state index in [1.54, 1.807) is 35.9 Å². The molecule has 3 aromatic rings. The Morgan fingerprint density at radius 3 is 2.55 bits per heavy atom. The van der Waals surface area contributed by atoms with Gasteiger partial charge in [0, 0.05) is 34.1 Å². The number of nitrogens with zero attached hydrogens (tertiary/aromatic N) is 1. The largest absolute Gasteiger partial charge is 0.321 e. The molecule has 2 heterocycles. The van der Waals surface area contributed by atoms with Crippen LogP contribution in [0, 0.1) is 0 Å². The second-order valence-electron chi connectivity index (χ2n) is 4.21. The maximum atomic E-state index is 12.2. The third-order valence-electron chi connectivity index (χ3n) is 2.90. The van der Waals surface area contributed by atoms with E-state index in [0.29, 0.717) is 5.56 Å². The number of aromatic nitrogens is 1. The molecule has 1 N–H and O–H groups in total. The van der Waals surface area contributed by atoms with Crippen LogP contribution in [0.25, 0.3) is 10.4 Å². The second kappa shape index (κ2) is 5.67. The van der Waals surface area contributed by atoms with Gasteiger partial charge < -0.3 is 5.32 Å². The molecule has 0 aliphatic rings. The fraction of sp³-hybridized carbons (Fsp3) is 0. The van der Waals surface area contributed by atoms with Crippen LogP contribution < -0.4 is 5.32 Å². The molecule has 3 nitrogen and oxygen atoms in total. The van der Waals surface area contributed by atoms with Crippen molar-refractivity contribution >= 4 is 22.9 Å². The molecule has 3 rings (SSSR count). The molecule has 1 aromatic carbocycles. The molecule has 0 atom stereocenters. The Labute approximate surface area is 120 Å². The number of rotatable bonds is 3. The highest BCUT2D eigenvalue weighted by molar-refractivity contribution is 7.13. The van der Waals surface area contributed by atoms with Crippen molar-refractivity contribution in [3.8, 4) is 10.4 Å². The van der Waals surface area contributed by atoms with Crippen LogP contribution in [0.5, 0.6) is 0 Å². The summed E-state index contributed by atoms with van der Waals surface area (Å²) in [4.78, 5) is 17.2. The van der Waals surface area contributed by atoms with Crippen molar-refractivity contribution in [2.24, 2.45) is 0 Å². The lowest BCUT2D eigenvalue weighted by Crippen LogP contribution is -2.12. The second-order valence-corrected chi connectivity index (χ2v) is 5.16. The molecular formula is C16H12N2OS. The highest BCUT2D eigenvalue weighted by Gasteiger charge is 2.10. The monoisotopic (exact) mass is 280 g/mol. The van der Waals surface area contributed by atoms with Crippen molar-refractivity contribution in [1.29, 1.82) is 0 Å². The molecule has 1 amide bonds. The van der Waals surface area contributed by atoms with Crippen LogP contribution in [-0.4, -0.2) is 10.9 Å². The first-order valence-corrected chi connectivity index (χ1v) is 7.07. The fourth-order valence-corrected chi connectivity index (χ4v) is 2.70. The summed E-state index contributed by atoms with van der Waals surface area (Å²) in [5.74, 6) is -0.128. The van der Waals surface area contributed by atoms with Gasteiger partial charge in [0.1, 0.15) is 0 Å². The molecule has 0 unspecified atom stereocenters. The molecule has 4 heteroatoms. The highest BCUT2D eigenvalue weighted by atomic mass is 32.1. The SMILES string of the molecule is O=C(Nc1ccccc1-c1cccs1)c1ccncc1. The number of nitrogens with one attached hydrogen (secondary N) is 1. The van der Waals surface area contributed by atoms with Crippen LogP contribution in [0.3, 0.4) is 0 Å². The predicted octanol–water partition coefficient (Wildman–Crippen LogP) is 4.06. The normalized spacial score (nSPS) is 10.2. The molecule has 0 radical (unpaired) electrons. The van der Waals surface area contributed by atoms with Gasteiger partial charge in [0.05, 0.1) is 0 Å². The lowest BCUT2D eigenvalue weighted by molar-refractivity contribution is 0.102. The summed E-state index contributed by atoms with van der Waals surface area (Å²) in [6, 6.07) is 15.2. The standard InChI is InChI=1S/C16H12N2OS/c19-16(12-7-9-17-10-8-12)18-14-5-2-1-4-13(14)15-6-3-11-20-15/h1-11H,(H,18,19). The quantitative estimate of drug-likeness (QED) is 0.786. The number of thiophene rings is 1. The molecule has 0 spiro atoms. The van der Waals surface area contributed by atoms with Gasteiger partial charge in [-0.25, -0.2) is 0 Å². The van der Waals surface area contributed by atoms with Gasteiger partial charge in [-0.15, -0.1) is 11.3 Å².